The first-order chi connectivity index (χ1) is 9.65. The lowest BCUT2D eigenvalue weighted by Crippen LogP contribution is -2.38. The van der Waals surface area contributed by atoms with Crippen molar-refractivity contribution in [2.45, 2.75) is 58.4 Å². The second kappa shape index (κ2) is 5.58. The van der Waals surface area contributed by atoms with E-state index in [0.29, 0.717) is 11.8 Å². The first-order valence-electron chi connectivity index (χ1n) is 7.92. The molecule has 1 saturated carbocycles. The van der Waals surface area contributed by atoms with E-state index in [-0.39, 0.29) is 5.91 Å². The monoisotopic (exact) mass is 275 g/mol. The Morgan fingerprint density at radius 3 is 2.55 bits per heavy atom. The predicted octanol–water partition coefficient (Wildman–Crippen LogP) is 2.72. The van der Waals surface area contributed by atoms with Crippen LogP contribution in [0, 0.1) is 12.8 Å². The molecule has 2 fully saturated rings. The quantitative estimate of drug-likeness (QED) is 0.850. The number of hydrogen-bond donors (Lipinski definition) is 0. The minimum Gasteiger partial charge on any atom is -0.343 e. The number of amides is 1. The molecule has 2 aliphatic rings. The van der Waals surface area contributed by atoms with Crippen molar-refractivity contribution in [3.05, 3.63) is 17.7 Å². The Hall–Kier alpha value is -1.32. The third kappa shape index (κ3) is 2.60. The molecule has 3 rings (SSSR count). The average Bonchev–Trinajstić information content (AvgIpc) is 2.71. The highest BCUT2D eigenvalue weighted by Gasteiger charge is 2.27. The van der Waals surface area contributed by atoms with E-state index in [4.69, 9.17) is 0 Å². The summed E-state index contributed by atoms with van der Waals surface area (Å²) in [6, 6.07) is 0. The van der Waals surface area contributed by atoms with Crippen LogP contribution in [0.3, 0.4) is 0 Å². The molecule has 2 heterocycles. The molecule has 0 bridgehead atoms. The molecule has 1 aliphatic carbocycles. The fourth-order valence-electron chi connectivity index (χ4n) is 3.40. The number of likely N-dealkylation sites (tertiary alicyclic amines) is 1. The topological polar surface area (TPSA) is 38.1 Å². The van der Waals surface area contributed by atoms with E-state index in [1.54, 1.807) is 6.92 Å². The highest BCUT2D eigenvalue weighted by atomic mass is 16.2. The SMILES string of the molecule is CC(=O)N1CCC(Cn2c(C)cnc2C2CCC2)CC1. The Bertz CT molecular complexity index is 482. The number of carbonyl (C=O) groups excluding carboxylic acids is 1. The van der Waals surface area contributed by atoms with Crippen molar-refractivity contribution < 1.29 is 4.79 Å². The molecule has 1 amide bonds. The molecule has 1 aromatic heterocycles. The number of nitrogens with zero attached hydrogens (tertiary/aromatic N) is 3. The van der Waals surface area contributed by atoms with Gasteiger partial charge in [0.2, 0.25) is 5.91 Å². The Kier molecular flexibility index (Phi) is 3.81. The van der Waals surface area contributed by atoms with Gasteiger partial charge in [-0.15, -0.1) is 0 Å². The van der Waals surface area contributed by atoms with Crippen LogP contribution in [0.15, 0.2) is 6.20 Å². The van der Waals surface area contributed by atoms with Gasteiger partial charge in [-0.2, -0.15) is 0 Å². The third-order valence-corrected chi connectivity index (χ3v) is 5.06. The van der Waals surface area contributed by atoms with Gasteiger partial charge in [-0.1, -0.05) is 6.42 Å². The van der Waals surface area contributed by atoms with E-state index in [9.17, 15) is 4.79 Å². The fourth-order valence-corrected chi connectivity index (χ4v) is 3.40. The summed E-state index contributed by atoms with van der Waals surface area (Å²) in [4.78, 5) is 18.0. The van der Waals surface area contributed by atoms with Crippen molar-refractivity contribution in [3.63, 3.8) is 0 Å². The van der Waals surface area contributed by atoms with Gasteiger partial charge >= 0.3 is 0 Å². The van der Waals surface area contributed by atoms with E-state index >= 15 is 0 Å². The Morgan fingerprint density at radius 2 is 2.00 bits per heavy atom. The highest BCUT2D eigenvalue weighted by molar-refractivity contribution is 5.73. The second-order valence-corrected chi connectivity index (χ2v) is 6.45. The molecule has 0 N–H and O–H groups in total. The highest BCUT2D eigenvalue weighted by Crippen LogP contribution is 2.36. The predicted molar refractivity (Wildman–Crippen MR) is 78.5 cm³/mol. The molecule has 0 unspecified atom stereocenters. The first kappa shape index (κ1) is 13.7. The smallest absolute Gasteiger partial charge is 0.219 e. The molecule has 1 aromatic rings. The van der Waals surface area contributed by atoms with Crippen LogP contribution in [0.25, 0.3) is 0 Å². The number of hydrogen-bond acceptors (Lipinski definition) is 2. The molecule has 0 atom stereocenters. The number of imidazole rings is 1. The summed E-state index contributed by atoms with van der Waals surface area (Å²) in [5.74, 6) is 2.92. The number of aromatic nitrogens is 2. The third-order valence-electron chi connectivity index (χ3n) is 5.06. The molecule has 110 valence electrons. The molecule has 1 aliphatic heterocycles. The van der Waals surface area contributed by atoms with Gasteiger partial charge in [0.25, 0.3) is 0 Å². The first-order valence-corrected chi connectivity index (χ1v) is 7.92. The molecule has 0 spiro atoms. The molecule has 0 radical (unpaired) electrons. The van der Waals surface area contributed by atoms with Gasteiger partial charge < -0.3 is 9.47 Å². The summed E-state index contributed by atoms with van der Waals surface area (Å²) in [5.41, 5.74) is 1.29. The van der Waals surface area contributed by atoms with Crippen molar-refractivity contribution in [1.82, 2.24) is 14.5 Å². The van der Waals surface area contributed by atoms with E-state index < -0.39 is 0 Å². The molecule has 4 nitrogen and oxygen atoms in total. The zero-order valence-corrected chi connectivity index (χ0v) is 12.6. The Morgan fingerprint density at radius 1 is 1.30 bits per heavy atom. The molecular formula is C16H25N3O. The summed E-state index contributed by atoms with van der Waals surface area (Å²) in [6.07, 6.45) is 8.24. The zero-order chi connectivity index (χ0) is 14.1. The summed E-state index contributed by atoms with van der Waals surface area (Å²) in [7, 11) is 0. The Labute approximate surface area is 121 Å². The Balaban J connectivity index is 1.64. The molecule has 0 aromatic carbocycles. The summed E-state index contributed by atoms with van der Waals surface area (Å²) >= 11 is 0. The van der Waals surface area contributed by atoms with Crippen molar-refractivity contribution in [1.29, 1.82) is 0 Å². The van der Waals surface area contributed by atoms with Crippen molar-refractivity contribution in [2.24, 2.45) is 5.92 Å². The van der Waals surface area contributed by atoms with Crippen LogP contribution in [0.4, 0.5) is 0 Å². The van der Waals surface area contributed by atoms with Gasteiger partial charge in [-0.05, 0) is 38.5 Å². The molecular weight excluding hydrogens is 250 g/mol. The normalized spacial score (nSPS) is 21.0. The van der Waals surface area contributed by atoms with Gasteiger partial charge in [-0.3, -0.25) is 4.79 Å². The van der Waals surface area contributed by atoms with Crippen molar-refractivity contribution in [2.75, 3.05) is 13.1 Å². The van der Waals surface area contributed by atoms with Gasteiger partial charge in [-0.25, -0.2) is 4.98 Å². The zero-order valence-electron chi connectivity index (χ0n) is 12.6. The lowest BCUT2D eigenvalue weighted by Gasteiger charge is -2.33. The van der Waals surface area contributed by atoms with Crippen LogP contribution in [0.1, 0.15) is 56.5 Å². The molecule has 20 heavy (non-hydrogen) atoms. The lowest BCUT2D eigenvalue weighted by molar-refractivity contribution is -0.130. The van der Waals surface area contributed by atoms with E-state index in [2.05, 4.69) is 16.5 Å². The minimum absolute atomic E-state index is 0.220. The van der Waals surface area contributed by atoms with Crippen LogP contribution in [0.5, 0.6) is 0 Å². The average molecular weight is 275 g/mol. The van der Waals surface area contributed by atoms with Crippen LogP contribution in [-0.4, -0.2) is 33.4 Å². The van der Waals surface area contributed by atoms with Gasteiger partial charge in [0, 0.05) is 44.4 Å². The summed E-state index contributed by atoms with van der Waals surface area (Å²) in [5, 5.41) is 0. The maximum absolute atomic E-state index is 11.4. The van der Waals surface area contributed by atoms with Gasteiger partial charge in [0.1, 0.15) is 5.82 Å². The number of rotatable bonds is 3. The van der Waals surface area contributed by atoms with Crippen LogP contribution in [-0.2, 0) is 11.3 Å². The molecule has 1 saturated heterocycles. The maximum Gasteiger partial charge on any atom is 0.219 e. The number of carbonyl (C=O) groups is 1. The van der Waals surface area contributed by atoms with Crippen molar-refractivity contribution in [3.8, 4) is 0 Å². The van der Waals surface area contributed by atoms with E-state index in [1.807, 2.05) is 11.1 Å². The van der Waals surface area contributed by atoms with Gasteiger partial charge in [0.05, 0.1) is 0 Å². The van der Waals surface area contributed by atoms with Crippen LogP contribution < -0.4 is 0 Å². The van der Waals surface area contributed by atoms with Gasteiger partial charge in [0.15, 0.2) is 0 Å². The number of piperidine rings is 1. The number of aryl methyl sites for hydroxylation is 1. The fraction of sp³-hybridized carbons (Fsp3) is 0.750. The summed E-state index contributed by atoms with van der Waals surface area (Å²) in [6.45, 7) is 6.78. The van der Waals surface area contributed by atoms with E-state index in [1.165, 1.54) is 30.8 Å². The van der Waals surface area contributed by atoms with E-state index in [0.717, 1.165) is 32.5 Å². The standard InChI is InChI=1S/C16H25N3O/c1-12-10-17-16(15-4-3-5-15)19(12)11-14-6-8-18(9-7-14)13(2)20/h10,14-15H,3-9,11H2,1-2H3. The maximum atomic E-state index is 11.4. The van der Waals surface area contributed by atoms with Crippen molar-refractivity contribution >= 4 is 5.91 Å². The lowest BCUT2D eigenvalue weighted by atomic mass is 9.84. The minimum atomic E-state index is 0.220. The van der Waals surface area contributed by atoms with Crippen LogP contribution >= 0.6 is 0 Å². The largest absolute Gasteiger partial charge is 0.343 e. The van der Waals surface area contributed by atoms with Crippen LogP contribution in [0.2, 0.25) is 0 Å². The second-order valence-electron chi connectivity index (χ2n) is 6.45. The summed E-state index contributed by atoms with van der Waals surface area (Å²) < 4.78 is 2.44. The molecule has 4 heteroatoms.